The van der Waals surface area contributed by atoms with E-state index in [0.717, 1.165) is 35.5 Å². The number of benzene rings is 2. The second kappa shape index (κ2) is 8.60. The van der Waals surface area contributed by atoms with Gasteiger partial charge in [-0.1, -0.05) is 30.3 Å². The highest BCUT2D eigenvalue weighted by Crippen LogP contribution is 2.22. The molecule has 0 spiro atoms. The number of anilines is 2. The summed E-state index contributed by atoms with van der Waals surface area (Å²) in [4.78, 5) is 27.0. The Labute approximate surface area is 169 Å². The third kappa shape index (κ3) is 4.63. The third-order valence-electron chi connectivity index (χ3n) is 5.07. The number of piperidine rings is 1. The predicted octanol–water partition coefficient (Wildman–Crippen LogP) is 3.96. The van der Waals surface area contributed by atoms with E-state index < -0.39 is 0 Å². The van der Waals surface area contributed by atoms with Crippen LogP contribution in [-0.4, -0.2) is 40.1 Å². The number of amides is 3. The van der Waals surface area contributed by atoms with Gasteiger partial charge in [-0.05, 0) is 48.7 Å². The molecule has 7 heteroatoms. The molecule has 2 heterocycles. The van der Waals surface area contributed by atoms with Crippen LogP contribution in [0.2, 0.25) is 0 Å². The van der Waals surface area contributed by atoms with Crippen molar-refractivity contribution in [2.45, 2.75) is 12.8 Å². The van der Waals surface area contributed by atoms with Gasteiger partial charge in [0.2, 0.25) is 5.91 Å². The maximum atomic E-state index is 12.7. The van der Waals surface area contributed by atoms with Crippen molar-refractivity contribution in [3.8, 4) is 11.3 Å². The largest absolute Gasteiger partial charge is 0.326 e. The molecule has 0 bridgehead atoms. The first kappa shape index (κ1) is 18.7. The first-order chi connectivity index (χ1) is 14.2. The fraction of sp³-hybridized carbons (Fsp3) is 0.227. The van der Waals surface area contributed by atoms with Crippen LogP contribution in [0.1, 0.15) is 12.8 Å². The lowest BCUT2D eigenvalue weighted by atomic mass is 9.97. The lowest BCUT2D eigenvalue weighted by Crippen LogP contribution is -2.45. The lowest BCUT2D eigenvalue weighted by molar-refractivity contribution is -0.121. The molecule has 0 aliphatic carbocycles. The van der Waals surface area contributed by atoms with Crippen molar-refractivity contribution in [2.24, 2.45) is 5.92 Å². The quantitative estimate of drug-likeness (QED) is 0.631. The molecule has 1 atom stereocenters. The molecule has 3 aromatic rings. The molecule has 1 fully saturated rings. The molecule has 3 N–H and O–H groups in total. The Morgan fingerprint density at radius 2 is 1.72 bits per heavy atom. The van der Waals surface area contributed by atoms with Gasteiger partial charge in [0.15, 0.2) is 0 Å². The van der Waals surface area contributed by atoms with Crippen molar-refractivity contribution in [1.82, 2.24) is 15.1 Å². The Morgan fingerprint density at radius 3 is 2.45 bits per heavy atom. The van der Waals surface area contributed by atoms with E-state index in [1.165, 1.54) is 0 Å². The fourth-order valence-electron chi connectivity index (χ4n) is 3.49. The number of rotatable bonds is 4. The molecule has 1 aliphatic rings. The first-order valence-electron chi connectivity index (χ1n) is 9.71. The number of nitrogens with one attached hydrogen (secondary N) is 3. The average Bonchev–Trinajstić information content (AvgIpc) is 3.30. The lowest BCUT2D eigenvalue weighted by Gasteiger charge is -2.32. The van der Waals surface area contributed by atoms with Crippen LogP contribution in [0.5, 0.6) is 0 Å². The van der Waals surface area contributed by atoms with Gasteiger partial charge in [0, 0.05) is 30.7 Å². The van der Waals surface area contributed by atoms with Gasteiger partial charge in [-0.25, -0.2) is 4.79 Å². The summed E-state index contributed by atoms with van der Waals surface area (Å²) in [6.45, 7) is 1.07. The number of aromatic amines is 1. The Balaban J connectivity index is 1.34. The normalized spacial score (nSPS) is 16.3. The summed E-state index contributed by atoms with van der Waals surface area (Å²) in [6, 6.07) is 18.7. The number of urea groups is 1. The Bertz CT molecular complexity index is 955. The second-order valence-electron chi connectivity index (χ2n) is 7.12. The van der Waals surface area contributed by atoms with Gasteiger partial charge in [0.25, 0.3) is 0 Å². The van der Waals surface area contributed by atoms with Crippen molar-refractivity contribution < 1.29 is 9.59 Å². The zero-order valence-electron chi connectivity index (χ0n) is 16.0. The molecule has 1 unspecified atom stereocenters. The summed E-state index contributed by atoms with van der Waals surface area (Å²) in [5.74, 6) is -0.283. The molecule has 148 valence electrons. The monoisotopic (exact) mass is 389 g/mol. The van der Waals surface area contributed by atoms with E-state index in [1.807, 2.05) is 60.7 Å². The molecule has 2 aromatic carbocycles. The second-order valence-corrected chi connectivity index (χ2v) is 7.12. The van der Waals surface area contributed by atoms with Crippen molar-refractivity contribution in [1.29, 1.82) is 0 Å². The van der Waals surface area contributed by atoms with Crippen LogP contribution < -0.4 is 10.6 Å². The van der Waals surface area contributed by atoms with E-state index in [9.17, 15) is 9.59 Å². The zero-order valence-corrected chi connectivity index (χ0v) is 16.0. The van der Waals surface area contributed by atoms with Crippen LogP contribution >= 0.6 is 0 Å². The highest BCUT2D eigenvalue weighted by molar-refractivity contribution is 5.94. The summed E-state index contributed by atoms with van der Waals surface area (Å²) in [5, 5.41) is 12.7. The number of H-pyrrole nitrogens is 1. The van der Waals surface area contributed by atoms with Crippen molar-refractivity contribution in [2.75, 3.05) is 23.7 Å². The van der Waals surface area contributed by atoms with E-state index in [2.05, 4.69) is 20.8 Å². The van der Waals surface area contributed by atoms with Gasteiger partial charge in [0.05, 0.1) is 11.6 Å². The molecule has 0 radical (unpaired) electrons. The average molecular weight is 389 g/mol. The number of hydrogen-bond donors (Lipinski definition) is 3. The Morgan fingerprint density at radius 1 is 0.966 bits per heavy atom. The molecule has 1 aliphatic heterocycles. The van der Waals surface area contributed by atoms with Crippen LogP contribution in [0.3, 0.4) is 0 Å². The van der Waals surface area contributed by atoms with Crippen molar-refractivity contribution >= 4 is 23.3 Å². The molecule has 29 heavy (non-hydrogen) atoms. The standard InChI is InChI=1S/C22H23N5O2/c28-21(24-19-10-8-16(9-11-19)20-12-13-23-26-20)17-5-4-14-27(15-17)22(29)25-18-6-2-1-3-7-18/h1-3,6-13,17H,4-5,14-15H2,(H,23,26)(H,24,28)(H,25,29). The first-order valence-corrected chi connectivity index (χ1v) is 9.71. The van der Waals surface area contributed by atoms with E-state index in [4.69, 9.17) is 0 Å². The summed E-state index contributed by atoms with van der Waals surface area (Å²) < 4.78 is 0. The van der Waals surface area contributed by atoms with Gasteiger partial charge < -0.3 is 15.5 Å². The molecule has 0 saturated carbocycles. The van der Waals surface area contributed by atoms with Crippen LogP contribution in [-0.2, 0) is 4.79 Å². The fourth-order valence-corrected chi connectivity index (χ4v) is 3.49. The summed E-state index contributed by atoms with van der Waals surface area (Å²) in [6.07, 6.45) is 3.28. The smallest absolute Gasteiger partial charge is 0.321 e. The predicted molar refractivity (Wildman–Crippen MR) is 112 cm³/mol. The molecular weight excluding hydrogens is 366 g/mol. The van der Waals surface area contributed by atoms with Gasteiger partial charge in [-0.2, -0.15) is 5.10 Å². The van der Waals surface area contributed by atoms with Crippen LogP contribution in [0, 0.1) is 5.92 Å². The van der Waals surface area contributed by atoms with Gasteiger partial charge in [-0.15, -0.1) is 0 Å². The Hall–Kier alpha value is -3.61. The van der Waals surface area contributed by atoms with Crippen LogP contribution in [0.15, 0.2) is 66.9 Å². The summed E-state index contributed by atoms with van der Waals surface area (Å²) >= 11 is 0. The molecule has 1 aromatic heterocycles. The van der Waals surface area contributed by atoms with Crippen molar-refractivity contribution in [3.63, 3.8) is 0 Å². The van der Waals surface area contributed by atoms with Gasteiger partial charge in [-0.3, -0.25) is 9.89 Å². The number of aromatic nitrogens is 2. The SMILES string of the molecule is O=C(Nc1ccc(-c2ccn[nH]2)cc1)C1CCCN(C(=O)Nc2ccccc2)C1. The maximum absolute atomic E-state index is 12.7. The number of nitrogens with zero attached hydrogens (tertiary/aromatic N) is 2. The minimum absolute atomic E-state index is 0.0588. The van der Waals surface area contributed by atoms with Crippen molar-refractivity contribution in [3.05, 3.63) is 66.9 Å². The highest BCUT2D eigenvalue weighted by atomic mass is 16.2. The number of carbonyl (C=O) groups excluding carboxylic acids is 2. The topological polar surface area (TPSA) is 90.1 Å². The Kier molecular flexibility index (Phi) is 5.56. The third-order valence-corrected chi connectivity index (χ3v) is 5.07. The molecule has 3 amide bonds. The number of para-hydroxylation sites is 1. The molecule has 1 saturated heterocycles. The van der Waals surface area contributed by atoms with Gasteiger partial charge >= 0.3 is 6.03 Å². The maximum Gasteiger partial charge on any atom is 0.321 e. The van der Waals surface area contributed by atoms with E-state index in [-0.39, 0.29) is 17.9 Å². The van der Waals surface area contributed by atoms with E-state index in [0.29, 0.717) is 13.1 Å². The highest BCUT2D eigenvalue weighted by Gasteiger charge is 2.28. The minimum atomic E-state index is -0.224. The summed E-state index contributed by atoms with van der Waals surface area (Å²) in [5.41, 5.74) is 3.42. The number of likely N-dealkylation sites (tertiary alicyclic amines) is 1. The molecular formula is C22H23N5O2. The molecule has 7 nitrogen and oxygen atoms in total. The number of carbonyl (C=O) groups is 2. The van der Waals surface area contributed by atoms with E-state index in [1.54, 1.807) is 11.1 Å². The summed E-state index contributed by atoms with van der Waals surface area (Å²) in [7, 11) is 0. The van der Waals surface area contributed by atoms with E-state index >= 15 is 0 Å². The number of hydrogen-bond acceptors (Lipinski definition) is 3. The van der Waals surface area contributed by atoms with Gasteiger partial charge in [0.1, 0.15) is 0 Å². The minimum Gasteiger partial charge on any atom is -0.326 e. The zero-order chi connectivity index (χ0) is 20.1. The van der Waals surface area contributed by atoms with Crippen LogP contribution in [0.25, 0.3) is 11.3 Å². The van der Waals surface area contributed by atoms with Crippen LogP contribution in [0.4, 0.5) is 16.2 Å². The molecule has 4 rings (SSSR count).